The van der Waals surface area contributed by atoms with E-state index in [0.29, 0.717) is 0 Å². The second kappa shape index (κ2) is 5.07. The van der Waals surface area contributed by atoms with Crippen molar-refractivity contribution in [3.8, 4) is 0 Å². The Morgan fingerprint density at radius 3 is 2.86 bits per heavy atom. The normalized spacial score (nSPS) is 29.3. The van der Waals surface area contributed by atoms with Crippen molar-refractivity contribution in [2.24, 2.45) is 0 Å². The van der Waals surface area contributed by atoms with E-state index in [2.05, 4.69) is 15.0 Å². The molecule has 3 rings (SSSR count). The molecule has 2 aromatic rings. The number of ether oxygens (including phenoxy) is 3. The van der Waals surface area contributed by atoms with Crippen LogP contribution in [0, 0.1) is 0 Å². The fourth-order valence-electron chi connectivity index (χ4n) is 2.42. The van der Waals surface area contributed by atoms with Gasteiger partial charge in [-0.15, -0.1) is 0 Å². The highest BCUT2D eigenvalue weighted by atomic mass is 16.7. The number of methoxy groups -OCH3 is 2. The third-order valence-corrected chi connectivity index (χ3v) is 3.40. The molecule has 1 aliphatic rings. The molecule has 114 valence electrons. The molecule has 1 fully saturated rings. The van der Waals surface area contributed by atoms with Crippen LogP contribution in [-0.4, -0.2) is 57.3 Å². The van der Waals surface area contributed by atoms with Crippen LogP contribution in [0.3, 0.4) is 0 Å². The zero-order valence-corrected chi connectivity index (χ0v) is 11.4. The van der Waals surface area contributed by atoms with Crippen LogP contribution in [-0.2, 0) is 14.2 Å². The molecule has 0 aromatic carbocycles. The lowest BCUT2D eigenvalue weighted by molar-refractivity contribution is -0.165. The van der Waals surface area contributed by atoms with Crippen molar-refractivity contribution >= 4 is 17.1 Å². The summed E-state index contributed by atoms with van der Waals surface area (Å²) in [6, 6.07) is 0. The van der Waals surface area contributed by atoms with Crippen LogP contribution in [0.4, 0.5) is 5.95 Å². The van der Waals surface area contributed by atoms with Gasteiger partial charge in [0.15, 0.2) is 23.7 Å². The zero-order chi connectivity index (χ0) is 15.1. The summed E-state index contributed by atoms with van der Waals surface area (Å²) >= 11 is 0. The molecule has 0 radical (unpaired) electrons. The molecule has 4 atom stereocenters. The molecule has 1 aliphatic heterocycles. The van der Waals surface area contributed by atoms with Crippen LogP contribution in [0.25, 0.3) is 11.2 Å². The third-order valence-electron chi connectivity index (χ3n) is 3.40. The van der Waals surface area contributed by atoms with Gasteiger partial charge in [-0.1, -0.05) is 0 Å². The molecule has 0 aliphatic carbocycles. The molecule has 21 heavy (non-hydrogen) atoms. The average molecular weight is 297 g/mol. The molecule has 2 aromatic heterocycles. The molecule has 10 nitrogen and oxygen atoms in total. The number of nitrogen functional groups attached to an aromatic ring is 1. The molecule has 1 saturated heterocycles. The van der Waals surface area contributed by atoms with Crippen molar-refractivity contribution in [3.63, 3.8) is 0 Å². The number of hydrogen-bond donors (Lipinski definition) is 3. The number of aliphatic hydroxyl groups excluding tert-OH is 1. The highest BCUT2D eigenvalue weighted by Gasteiger charge is 2.46. The SMILES string of the molecule is COC1OC(n2cnc3c(=O)[nH]c(N)nc32)C(O)C1OC. The Balaban J connectivity index is 2.07. The Labute approximate surface area is 118 Å². The predicted molar refractivity (Wildman–Crippen MR) is 70.3 cm³/mol. The van der Waals surface area contributed by atoms with E-state index in [1.807, 2.05) is 0 Å². The smallest absolute Gasteiger partial charge is 0.280 e. The van der Waals surface area contributed by atoms with Gasteiger partial charge in [-0.3, -0.25) is 14.3 Å². The molecule has 4 N–H and O–H groups in total. The summed E-state index contributed by atoms with van der Waals surface area (Å²) < 4.78 is 17.3. The first-order valence-electron chi connectivity index (χ1n) is 6.18. The number of imidazole rings is 1. The van der Waals surface area contributed by atoms with Crippen LogP contribution in [0.5, 0.6) is 0 Å². The van der Waals surface area contributed by atoms with Crippen LogP contribution in [0.1, 0.15) is 6.23 Å². The van der Waals surface area contributed by atoms with Crippen molar-refractivity contribution in [1.82, 2.24) is 19.5 Å². The summed E-state index contributed by atoms with van der Waals surface area (Å²) in [6.45, 7) is 0. The van der Waals surface area contributed by atoms with E-state index >= 15 is 0 Å². The molecule has 10 heteroatoms. The fourth-order valence-corrected chi connectivity index (χ4v) is 2.42. The van der Waals surface area contributed by atoms with Crippen molar-refractivity contribution in [2.45, 2.75) is 24.7 Å². The van der Waals surface area contributed by atoms with E-state index < -0.39 is 30.3 Å². The second-order valence-corrected chi connectivity index (χ2v) is 4.60. The van der Waals surface area contributed by atoms with Crippen molar-refractivity contribution in [2.75, 3.05) is 20.0 Å². The maximum Gasteiger partial charge on any atom is 0.280 e. The maximum absolute atomic E-state index is 11.7. The van der Waals surface area contributed by atoms with Gasteiger partial charge in [-0.25, -0.2) is 4.98 Å². The van der Waals surface area contributed by atoms with Gasteiger partial charge in [0.2, 0.25) is 5.95 Å². The van der Waals surface area contributed by atoms with Gasteiger partial charge in [-0.05, 0) is 0 Å². The van der Waals surface area contributed by atoms with Crippen molar-refractivity contribution < 1.29 is 19.3 Å². The number of H-pyrrole nitrogens is 1. The molecule has 3 heterocycles. The number of aromatic nitrogens is 4. The maximum atomic E-state index is 11.7. The summed E-state index contributed by atoms with van der Waals surface area (Å²) in [5.41, 5.74) is 5.39. The van der Waals surface area contributed by atoms with E-state index in [9.17, 15) is 9.90 Å². The predicted octanol–water partition coefficient (Wildman–Crippen LogP) is -1.42. The molecule has 0 saturated carbocycles. The van der Waals surface area contributed by atoms with Gasteiger partial charge < -0.3 is 25.1 Å². The molecule has 4 unspecified atom stereocenters. The minimum Gasteiger partial charge on any atom is -0.385 e. The number of nitrogens with two attached hydrogens (primary N) is 1. The Hall–Kier alpha value is -2.01. The summed E-state index contributed by atoms with van der Waals surface area (Å²) in [7, 11) is 2.89. The lowest BCUT2D eigenvalue weighted by Crippen LogP contribution is -2.34. The average Bonchev–Trinajstić information content (AvgIpc) is 2.99. The number of nitrogens with zero attached hydrogens (tertiary/aromatic N) is 3. The van der Waals surface area contributed by atoms with Crippen LogP contribution < -0.4 is 11.3 Å². The van der Waals surface area contributed by atoms with Gasteiger partial charge in [0.05, 0.1) is 6.33 Å². The molecular formula is C11H15N5O5. The summed E-state index contributed by atoms with van der Waals surface area (Å²) in [6.07, 6.45) is -1.92. The van der Waals surface area contributed by atoms with Crippen LogP contribution in [0.15, 0.2) is 11.1 Å². The lowest BCUT2D eigenvalue weighted by atomic mass is 10.2. The lowest BCUT2D eigenvalue weighted by Gasteiger charge is -2.17. The minimum atomic E-state index is -1.01. The highest BCUT2D eigenvalue weighted by Crippen LogP contribution is 2.32. The monoisotopic (exact) mass is 297 g/mol. The largest absolute Gasteiger partial charge is 0.385 e. The molecule has 0 bridgehead atoms. The standard InChI is InChI=1S/C11H15N5O5/c1-19-6-5(17)9(21-10(6)20-2)16-3-13-4-7(16)14-11(12)15-8(4)18/h3,5-6,9-10,17H,1-2H3,(H3,12,14,15,18). The number of hydrogen-bond acceptors (Lipinski definition) is 8. The second-order valence-electron chi connectivity index (χ2n) is 4.60. The number of nitrogens with one attached hydrogen (secondary N) is 1. The summed E-state index contributed by atoms with van der Waals surface area (Å²) in [5, 5.41) is 10.3. The quantitative estimate of drug-likeness (QED) is 0.627. The van der Waals surface area contributed by atoms with E-state index in [-0.39, 0.29) is 17.1 Å². The number of anilines is 1. The Morgan fingerprint density at radius 2 is 2.24 bits per heavy atom. The van der Waals surface area contributed by atoms with E-state index in [1.165, 1.54) is 25.1 Å². The van der Waals surface area contributed by atoms with Crippen LogP contribution in [0.2, 0.25) is 0 Å². The van der Waals surface area contributed by atoms with E-state index in [4.69, 9.17) is 19.9 Å². The Morgan fingerprint density at radius 1 is 1.48 bits per heavy atom. The first kappa shape index (κ1) is 13.9. The number of fused-ring (bicyclic) bond motifs is 1. The first-order valence-corrected chi connectivity index (χ1v) is 6.18. The Kier molecular flexibility index (Phi) is 3.37. The third kappa shape index (κ3) is 2.08. The van der Waals surface area contributed by atoms with Gasteiger partial charge in [0.1, 0.15) is 12.2 Å². The molecular weight excluding hydrogens is 282 g/mol. The highest BCUT2D eigenvalue weighted by molar-refractivity contribution is 5.70. The minimum absolute atomic E-state index is 0.0479. The van der Waals surface area contributed by atoms with Crippen molar-refractivity contribution in [1.29, 1.82) is 0 Å². The summed E-state index contributed by atoms with van der Waals surface area (Å²) in [4.78, 5) is 22.1. The topological polar surface area (TPSA) is 138 Å². The van der Waals surface area contributed by atoms with Gasteiger partial charge in [0.25, 0.3) is 5.56 Å². The number of aliphatic hydroxyl groups is 1. The molecule has 0 spiro atoms. The van der Waals surface area contributed by atoms with Gasteiger partial charge in [-0.2, -0.15) is 4.98 Å². The number of rotatable bonds is 3. The summed E-state index contributed by atoms with van der Waals surface area (Å²) in [5.74, 6) is -0.0479. The zero-order valence-electron chi connectivity index (χ0n) is 11.4. The van der Waals surface area contributed by atoms with E-state index in [0.717, 1.165) is 0 Å². The van der Waals surface area contributed by atoms with Crippen molar-refractivity contribution in [3.05, 3.63) is 16.7 Å². The number of aromatic amines is 1. The van der Waals surface area contributed by atoms with E-state index in [1.54, 1.807) is 0 Å². The first-order chi connectivity index (χ1) is 10.1. The van der Waals surface area contributed by atoms with Gasteiger partial charge in [0, 0.05) is 14.2 Å². The Bertz CT molecular complexity index is 713. The van der Waals surface area contributed by atoms with Crippen LogP contribution >= 0.6 is 0 Å². The fraction of sp³-hybridized carbons (Fsp3) is 0.545. The van der Waals surface area contributed by atoms with Gasteiger partial charge >= 0.3 is 0 Å². The molecule has 0 amide bonds.